The lowest BCUT2D eigenvalue weighted by atomic mass is 10.2. The number of rotatable bonds is 2. The largest absolute Gasteiger partial charge is 0.409 e. The van der Waals surface area contributed by atoms with E-state index in [0.717, 1.165) is 11.4 Å². The van der Waals surface area contributed by atoms with Crippen LogP contribution in [0.2, 0.25) is 0 Å². The SMILES string of the molecule is Cc1cccnc1N1CCN(C(=O)/C=C/C(F)(F)F)CC1. The third-order valence-corrected chi connectivity index (χ3v) is 3.29. The lowest BCUT2D eigenvalue weighted by Crippen LogP contribution is -2.48. The van der Waals surface area contributed by atoms with Crippen LogP contribution in [-0.4, -0.2) is 48.1 Å². The van der Waals surface area contributed by atoms with Crippen molar-refractivity contribution >= 4 is 11.7 Å². The fraction of sp³-hybridized carbons (Fsp3) is 0.429. The summed E-state index contributed by atoms with van der Waals surface area (Å²) in [5.74, 6) is 0.250. The van der Waals surface area contributed by atoms with E-state index in [-0.39, 0.29) is 6.08 Å². The molecule has 2 heterocycles. The molecule has 4 nitrogen and oxygen atoms in total. The molecule has 0 atom stereocenters. The van der Waals surface area contributed by atoms with Crippen LogP contribution < -0.4 is 4.90 Å². The molecule has 1 fully saturated rings. The van der Waals surface area contributed by atoms with Crippen molar-refractivity contribution in [1.29, 1.82) is 0 Å². The van der Waals surface area contributed by atoms with Gasteiger partial charge in [0.15, 0.2) is 0 Å². The normalized spacial score (nSPS) is 16.6. The van der Waals surface area contributed by atoms with Crippen LogP contribution in [0.1, 0.15) is 5.56 Å². The van der Waals surface area contributed by atoms with Gasteiger partial charge in [0.05, 0.1) is 0 Å². The van der Waals surface area contributed by atoms with Crippen LogP contribution >= 0.6 is 0 Å². The van der Waals surface area contributed by atoms with E-state index < -0.39 is 12.1 Å². The number of anilines is 1. The summed E-state index contributed by atoms with van der Waals surface area (Å²) in [6.07, 6.45) is -2.19. The molecule has 0 saturated carbocycles. The zero-order valence-electron chi connectivity index (χ0n) is 11.6. The Labute approximate surface area is 120 Å². The molecule has 2 rings (SSSR count). The molecule has 7 heteroatoms. The van der Waals surface area contributed by atoms with Crippen molar-refractivity contribution in [3.05, 3.63) is 36.0 Å². The summed E-state index contributed by atoms with van der Waals surface area (Å²) in [6.45, 7) is 3.84. The molecule has 21 heavy (non-hydrogen) atoms. The molecule has 0 radical (unpaired) electrons. The lowest BCUT2D eigenvalue weighted by Gasteiger charge is -2.35. The van der Waals surface area contributed by atoms with Crippen LogP contribution in [0.25, 0.3) is 0 Å². The standard InChI is InChI=1S/C14H16F3N3O/c1-11-3-2-6-18-13(11)20-9-7-19(8-10-20)12(21)4-5-14(15,16)17/h2-6H,7-10H2,1H3/b5-4+. The summed E-state index contributed by atoms with van der Waals surface area (Å²) >= 11 is 0. The Morgan fingerprint density at radius 3 is 2.52 bits per heavy atom. The summed E-state index contributed by atoms with van der Waals surface area (Å²) < 4.78 is 36.1. The van der Waals surface area contributed by atoms with E-state index in [4.69, 9.17) is 0 Å². The molecule has 0 N–H and O–H groups in total. The Kier molecular flexibility index (Phi) is 4.50. The average molecular weight is 299 g/mol. The molecule has 114 valence electrons. The molecular weight excluding hydrogens is 283 g/mol. The van der Waals surface area contributed by atoms with E-state index in [9.17, 15) is 18.0 Å². The zero-order valence-corrected chi connectivity index (χ0v) is 11.6. The van der Waals surface area contributed by atoms with Gasteiger partial charge in [0.2, 0.25) is 5.91 Å². The monoisotopic (exact) mass is 299 g/mol. The van der Waals surface area contributed by atoms with E-state index in [1.807, 2.05) is 24.0 Å². The van der Waals surface area contributed by atoms with Crippen LogP contribution in [0.4, 0.5) is 19.0 Å². The minimum atomic E-state index is -4.46. The quantitative estimate of drug-likeness (QED) is 0.785. The number of piperazine rings is 1. The summed E-state index contributed by atoms with van der Waals surface area (Å²) in [7, 11) is 0. The number of aromatic nitrogens is 1. The molecule has 1 aromatic heterocycles. The number of aryl methyl sites for hydroxylation is 1. The highest BCUT2D eigenvalue weighted by Gasteiger charge is 2.25. The van der Waals surface area contributed by atoms with Crippen LogP contribution in [0.15, 0.2) is 30.5 Å². The van der Waals surface area contributed by atoms with Crippen molar-refractivity contribution < 1.29 is 18.0 Å². The Morgan fingerprint density at radius 1 is 1.29 bits per heavy atom. The van der Waals surface area contributed by atoms with Crippen molar-refractivity contribution in [2.45, 2.75) is 13.1 Å². The van der Waals surface area contributed by atoms with E-state index in [1.165, 1.54) is 4.90 Å². The van der Waals surface area contributed by atoms with Crippen molar-refractivity contribution in [2.75, 3.05) is 31.1 Å². The van der Waals surface area contributed by atoms with Gasteiger partial charge in [-0.25, -0.2) is 4.98 Å². The second-order valence-electron chi connectivity index (χ2n) is 4.83. The number of halogens is 3. The van der Waals surface area contributed by atoms with Gasteiger partial charge in [0.1, 0.15) is 5.82 Å². The number of carbonyl (C=O) groups is 1. The van der Waals surface area contributed by atoms with Gasteiger partial charge < -0.3 is 9.80 Å². The minimum absolute atomic E-state index is 0.0232. The number of carbonyl (C=O) groups excluding carboxylic acids is 1. The molecule has 1 aliphatic rings. The first kappa shape index (κ1) is 15.3. The van der Waals surface area contributed by atoms with Gasteiger partial charge >= 0.3 is 6.18 Å². The van der Waals surface area contributed by atoms with Gasteiger partial charge in [0.25, 0.3) is 0 Å². The maximum absolute atomic E-state index is 12.0. The second-order valence-corrected chi connectivity index (χ2v) is 4.83. The van der Waals surface area contributed by atoms with Gasteiger partial charge in [-0.1, -0.05) is 6.07 Å². The molecule has 1 saturated heterocycles. The minimum Gasteiger partial charge on any atom is -0.353 e. The molecule has 1 aliphatic heterocycles. The molecule has 1 aromatic rings. The maximum Gasteiger partial charge on any atom is 0.409 e. The number of hydrogen-bond donors (Lipinski definition) is 0. The van der Waals surface area contributed by atoms with Gasteiger partial charge in [-0.3, -0.25) is 4.79 Å². The topological polar surface area (TPSA) is 36.4 Å². The molecule has 0 bridgehead atoms. The van der Waals surface area contributed by atoms with Crippen molar-refractivity contribution in [2.24, 2.45) is 0 Å². The van der Waals surface area contributed by atoms with Crippen molar-refractivity contribution in [3.8, 4) is 0 Å². The summed E-state index contributed by atoms with van der Waals surface area (Å²) in [4.78, 5) is 19.4. The highest BCUT2D eigenvalue weighted by atomic mass is 19.4. The molecule has 0 aromatic carbocycles. The van der Waals surface area contributed by atoms with E-state index >= 15 is 0 Å². The molecule has 1 amide bonds. The number of allylic oxidation sites excluding steroid dienone is 1. The number of alkyl halides is 3. The van der Waals surface area contributed by atoms with Gasteiger partial charge in [-0.05, 0) is 18.6 Å². The lowest BCUT2D eigenvalue weighted by molar-refractivity contribution is -0.127. The predicted molar refractivity (Wildman–Crippen MR) is 73.0 cm³/mol. The van der Waals surface area contributed by atoms with Crippen molar-refractivity contribution in [3.63, 3.8) is 0 Å². The fourth-order valence-corrected chi connectivity index (χ4v) is 2.22. The predicted octanol–water partition coefficient (Wildman–Crippen LogP) is 2.16. The Hall–Kier alpha value is -2.05. The smallest absolute Gasteiger partial charge is 0.353 e. The third-order valence-electron chi connectivity index (χ3n) is 3.29. The van der Waals surface area contributed by atoms with E-state index in [2.05, 4.69) is 4.98 Å². The Morgan fingerprint density at radius 2 is 1.95 bits per heavy atom. The number of nitrogens with zero attached hydrogens (tertiary/aromatic N) is 3. The second kappa shape index (κ2) is 6.15. The Bertz CT molecular complexity index is 535. The van der Waals surface area contributed by atoms with Crippen molar-refractivity contribution in [1.82, 2.24) is 9.88 Å². The summed E-state index contributed by atoms with van der Waals surface area (Å²) in [6, 6.07) is 3.80. The first-order valence-corrected chi connectivity index (χ1v) is 6.58. The van der Waals surface area contributed by atoms with Gasteiger partial charge in [0, 0.05) is 44.5 Å². The summed E-state index contributed by atoms with van der Waals surface area (Å²) in [5.41, 5.74) is 1.04. The highest BCUT2D eigenvalue weighted by Crippen LogP contribution is 2.19. The van der Waals surface area contributed by atoms with Crippen LogP contribution in [0.3, 0.4) is 0 Å². The summed E-state index contributed by atoms with van der Waals surface area (Å²) in [5, 5.41) is 0. The first-order valence-electron chi connectivity index (χ1n) is 6.58. The van der Waals surface area contributed by atoms with Crippen LogP contribution in [-0.2, 0) is 4.79 Å². The van der Waals surface area contributed by atoms with E-state index in [0.29, 0.717) is 32.3 Å². The average Bonchev–Trinajstić information content (AvgIpc) is 2.45. The number of hydrogen-bond acceptors (Lipinski definition) is 3. The Balaban J connectivity index is 1.93. The van der Waals surface area contributed by atoms with E-state index in [1.54, 1.807) is 6.20 Å². The maximum atomic E-state index is 12.0. The first-order chi connectivity index (χ1) is 9.87. The number of amides is 1. The number of pyridine rings is 1. The van der Waals surface area contributed by atoms with Crippen LogP contribution in [0.5, 0.6) is 0 Å². The zero-order chi connectivity index (χ0) is 15.5. The molecule has 0 unspecified atom stereocenters. The fourth-order valence-electron chi connectivity index (χ4n) is 2.22. The highest BCUT2D eigenvalue weighted by molar-refractivity contribution is 5.87. The van der Waals surface area contributed by atoms with Crippen LogP contribution in [0, 0.1) is 6.92 Å². The van der Waals surface area contributed by atoms with Gasteiger partial charge in [-0.15, -0.1) is 0 Å². The van der Waals surface area contributed by atoms with Gasteiger partial charge in [-0.2, -0.15) is 13.2 Å². The molecule has 0 aliphatic carbocycles. The third kappa shape index (κ3) is 4.21. The molecular formula is C14H16F3N3O. The molecule has 0 spiro atoms.